The highest BCUT2D eigenvalue weighted by molar-refractivity contribution is 8.15. The Hall–Kier alpha value is -3.36. The molecule has 1 N–H and O–H groups in total. The van der Waals surface area contributed by atoms with Crippen LogP contribution in [0, 0.1) is 0 Å². The molecule has 0 aliphatic carbocycles. The first-order valence-corrected chi connectivity index (χ1v) is 11.8. The number of benzene rings is 2. The maximum Gasteiger partial charge on any atom is 0.325 e. The standard InChI is InChI=1S/C26H26N2O5S/c29-24(33-17-21-6-2-1-3-7-21)26(18-31-19-28-25(30)34-26)16-20-9-11-23(12-10-20)32-15-13-22-8-4-5-14-27-22/h1-12,14H,13,15-19H2,(H,28,30). The Labute approximate surface area is 202 Å². The maximum atomic E-state index is 13.2. The number of esters is 1. The molecule has 0 saturated carbocycles. The van der Waals surface area contributed by atoms with Crippen LogP contribution in [0.2, 0.25) is 0 Å². The van der Waals surface area contributed by atoms with E-state index >= 15 is 0 Å². The Kier molecular flexibility index (Phi) is 8.17. The van der Waals surface area contributed by atoms with Crippen molar-refractivity contribution in [3.63, 3.8) is 0 Å². The summed E-state index contributed by atoms with van der Waals surface area (Å²) in [5.41, 5.74) is 2.72. The van der Waals surface area contributed by atoms with E-state index in [0.29, 0.717) is 13.0 Å². The van der Waals surface area contributed by atoms with Gasteiger partial charge in [0.05, 0.1) is 13.2 Å². The number of pyridine rings is 1. The lowest BCUT2D eigenvalue weighted by Gasteiger charge is -2.28. The fourth-order valence-corrected chi connectivity index (χ4v) is 4.55. The largest absolute Gasteiger partial charge is 0.493 e. The van der Waals surface area contributed by atoms with Gasteiger partial charge in [0.1, 0.15) is 23.8 Å². The Bertz CT molecular complexity index is 1080. The minimum absolute atomic E-state index is 0.0581. The zero-order valence-corrected chi connectivity index (χ0v) is 19.5. The van der Waals surface area contributed by atoms with Crippen molar-refractivity contribution in [1.29, 1.82) is 0 Å². The zero-order valence-electron chi connectivity index (χ0n) is 18.6. The van der Waals surface area contributed by atoms with Crippen molar-refractivity contribution in [2.24, 2.45) is 0 Å². The smallest absolute Gasteiger partial charge is 0.325 e. The molecule has 1 fully saturated rings. The molecule has 1 amide bonds. The highest BCUT2D eigenvalue weighted by Crippen LogP contribution is 2.34. The van der Waals surface area contributed by atoms with Crippen LogP contribution in [0.15, 0.2) is 79.0 Å². The number of nitrogens with one attached hydrogen (secondary N) is 1. The second-order valence-electron chi connectivity index (χ2n) is 7.86. The first-order valence-electron chi connectivity index (χ1n) is 11.0. The third-order valence-corrected chi connectivity index (χ3v) is 6.44. The molecular weight excluding hydrogens is 452 g/mol. The number of hydrogen-bond acceptors (Lipinski definition) is 7. The molecule has 2 heterocycles. The van der Waals surface area contributed by atoms with E-state index in [-0.39, 0.29) is 31.6 Å². The molecule has 1 atom stereocenters. The number of carbonyl (C=O) groups is 2. The highest BCUT2D eigenvalue weighted by Gasteiger charge is 2.45. The lowest BCUT2D eigenvalue weighted by Crippen LogP contribution is -2.43. The lowest BCUT2D eigenvalue weighted by molar-refractivity contribution is -0.149. The van der Waals surface area contributed by atoms with Gasteiger partial charge in [-0.15, -0.1) is 0 Å². The van der Waals surface area contributed by atoms with E-state index in [4.69, 9.17) is 14.2 Å². The Morgan fingerprint density at radius 2 is 1.82 bits per heavy atom. The van der Waals surface area contributed by atoms with Gasteiger partial charge >= 0.3 is 5.97 Å². The molecule has 1 unspecified atom stereocenters. The number of rotatable bonds is 9. The van der Waals surface area contributed by atoms with Crippen molar-refractivity contribution in [3.05, 3.63) is 95.8 Å². The molecular formula is C26H26N2O5S. The summed E-state index contributed by atoms with van der Waals surface area (Å²) in [7, 11) is 0. The van der Waals surface area contributed by atoms with Crippen LogP contribution < -0.4 is 10.1 Å². The summed E-state index contributed by atoms with van der Waals surface area (Å²) < 4.78 is 15.8. The number of carbonyl (C=O) groups excluding carboxylic acids is 2. The van der Waals surface area contributed by atoms with Crippen LogP contribution in [0.1, 0.15) is 16.8 Å². The average Bonchev–Trinajstić information content (AvgIpc) is 3.06. The van der Waals surface area contributed by atoms with Crippen molar-refractivity contribution in [1.82, 2.24) is 10.3 Å². The maximum absolute atomic E-state index is 13.2. The molecule has 34 heavy (non-hydrogen) atoms. The third-order valence-electron chi connectivity index (χ3n) is 5.29. The minimum atomic E-state index is -1.18. The predicted molar refractivity (Wildman–Crippen MR) is 129 cm³/mol. The van der Waals surface area contributed by atoms with E-state index in [0.717, 1.165) is 34.3 Å². The predicted octanol–water partition coefficient (Wildman–Crippen LogP) is 4.16. The minimum Gasteiger partial charge on any atom is -0.493 e. The van der Waals surface area contributed by atoms with Gasteiger partial charge < -0.3 is 19.5 Å². The van der Waals surface area contributed by atoms with Crippen molar-refractivity contribution < 1.29 is 23.8 Å². The van der Waals surface area contributed by atoms with Crippen LogP contribution in [0.3, 0.4) is 0 Å². The molecule has 176 valence electrons. The van der Waals surface area contributed by atoms with E-state index in [1.165, 1.54) is 0 Å². The molecule has 2 aromatic carbocycles. The highest BCUT2D eigenvalue weighted by atomic mass is 32.2. The Morgan fingerprint density at radius 3 is 2.59 bits per heavy atom. The van der Waals surface area contributed by atoms with Crippen LogP contribution in [0.5, 0.6) is 5.75 Å². The molecule has 7 nitrogen and oxygen atoms in total. The first-order chi connectivity index (χ1) is 16.6. The van der Waals surface area contributed by atoms with Crippen LogP contribution in [0.25, 0.3) is 0 Å². The molecule has 0 spiro atoms. The molecule has 3 aromatic rings. The molecule has 0 bridgehead atoms. The summed E-state index contributed by atoms with van der Waals surface area (Å²) in [6, 6.07) is 22.7. The summed E-state index contributed by atoms with van der Waals surface area (Å²) in [5, 5.41) is 2.31. The molecule has 1 aliphatic rings. The number of thioether (sulfide) groups is 1. The number of amides is 1. The lowest BCUT2D eigenvalue weighted by atomic mass is 9.99. The third kappa shape index (κ3) is 6.59. The molecule has 4 rings (SSSR count). The molecule has 8 heteroatoms. The second-order valence-corrected chi connectivity index (χ2v) is 9.21. The molecule has 0 radical (unpaired) electrons. The van der Waals surface area contributed by atoms with Gasteiger partial charge in [0.2, 0.25) is 0 Å². The summed E-state index contributed by atoms with van der Waals surface area (Å²) in [5.74, 6) is 0.247. The fourth-order valence-electron chi connectivity index (χ4n) is 3.54. The van der Waals surface area contributed by atoms with Crippen molar-refractivity contribution in [2.45, 2.75) is 24.2 Å². The SMILES string of the molecule is O=C1NCOCC(Cc2ccc(OCCc3ccccn3)cc2)(C(=O)OCc2ccccc2)S1. The molecule has 1 aromatic heterocycles. The number of nitrogens with zero attached hydrogens (tertiary/aromatic N) is 1. The van der Waals surface area contributed by atoms with Gasteiger partial charge in [-0.25, -0.2) is 0 Å². The van der Waals surface area contributed by atoms with E-state index in [9.17, 15) is 9.59 Å². The second kappa shape index (κ2) is 11.7. The van der Waals surface area contributed by atoms with E-state index in [1.54, 1.807) is 6.20 Å². The van der Waals surface area contributed by atoms with Gasteiger partial charge in [0.15, 0.2) is 0 Å². The van der Waals surface area contributed by atoms with Gasteiger partial charge in [0.25, 0.3) is 5.24 Å². The van der Waals surface area contributed by atoms with E-state index < -0.39 is 10.7 Å². The van der Waals surface area contributed by atoms with Crippen molar-refractivity contribution in [3.8, 4) is 5.75 Å². The number of ether oxygens (including phenoxy) is 3. The Balaban J connectivity index is 1.41. The van der Waals surface area contributed by atoms with Crippen LogP contribution in [-0.2, 0) is 33.7 Å². The first kappa shape index (κ1) is 23.8. The van der Waals surface area contributed by atoms with Crippen molar-refractivity contribution in [2.75, 3.05) is 19.9 Å². The Morgan fingerprint density at radius 1 is 1.03 bits per heavy atom. The summed E-state index contributed by atoms with van der Waals surface area (Å²) in [4.78, 5) is 29.8. The van der Waals surface area contributed by atoms with Crippen LogP contribution >= 0.6 is 11.8 Å². The van der Waals surface area contributed by atoms with Crippen LogP contribution in [0.4, 0.5) is 4.79 Å². The fraction of sp³-hybridized carbons (Fsp3) is 0.269. The van der Waals surface area contributed by atoms with Crippen LogP contribution in [-0.4, -0.2) is 40.9 Å². The van der Waals surface area contributed by atoms with E-state index in [2.05, 4.69) is 10.3 Å². The van der Waals surface area contributed by atoms with E-state index in [1.807, 2.05) is 72.8 Å². The van der Waals surface area contributed by atoms with Gasteiger partial charge in [0, 0.05) is 24.7 Å². The van der Waals surface area contributed by atoms with Crippen molar-refractivity contribution >= 4 is 23.0 Å². The van der Waals surface area contributed by atoms with Gasteiger partial charge in [-0.1, -0.05) is 48.5 Å². The molecule has 1 saturated heterocycles. The summed E-state index contributed by atoms with van der Waals surface area (Å²) in [6.45, 7) is 0.761. The normalized spacial score (nSPS) is 17.9. The van der Waals surface area contributed by atoms with Gasteiger partial charge in [-0.05, 0) is 47.2 Å². The molecule has 1 aliphatic heterocycles. The summed E-state index contributed by atoms with van der Waals surface area (Å²) in [6.07, 6.45) is 2.76. The zero-order chi connectivity index (χ0) is 23.6. The van der Waals surface area contributed by atoms with Gasteiger partial charge in [-0.2, -0.15) is 0 Å². The monoisotopic (exact) mass is 478 g/mol. The quantitative estimate of drug-likeness (QED) is 0.462. The number of aromatic nitrogens is 1. The van der Waals surface area contributed by atoms with Gasteiger partial charge in [-0.3, -0.25) is 14.6 Å². The average molecular weight is 479 g/mol. The number of hydrogen-bond donors (Lipinski definition) is 1. The summed E-state index contributed by atoms with van der Waals surface area (Å²) >= 11 is 0.921. The topological polar surface area (TPSA) is 86.8 Å².